The second-order valence-electron chi connectivity index (χ2n) is 4.77. The highest BCUT2D eigenvalue weighted by Crippen LogP contribution is 2.41. The molecule has 0 N–H and O–H groups in total. The number of alkyl halides is 3. The fourth-order valence-corrected chi connectivity index (χ4v) is 2.75. The molecule has 1 atom stereocenters. The topological polar surface area (TPSA) is 9.23 Å². The summed E-state index contributed by atoms with van der Waals surface area (Å²) < 4.78 is 58.0. The van der Waals surface area contributed by atoms with Crippen LogP contribution in [-0.4, -0.2) is 0 Å². The Bertz CT molecular complexity index is 697. The zero-order chi connectivity index (χ0) is 15.2. The first-order chi connectivity index (χ1) is 9.86. The average molecular weight is 361 g/mol. The molecule has 1 aliphatic heterocycles. The lowest BCUT2D eigenvalue weighted by molar-refractivity contribution is -0.137. The van der Waals surface area contributed by atoms with Gasteiger partial charge in [0.25, 0.3) is 0 Å². The molecule has 0 aliphatic carbocycles. The van der Waals surface area contributed by atoms with E-state index >= 15 is 0 Å². The summed E-state index contributed by atoms with van der Waals surface area (Å²) in [6.07, 6.45) is -4.79. The molecule has 0 radical (unpaired) electrons. The van der Waals surface area contributed by atoms with Crippen LogP contribution in [0, 0.1) is 5.82 Å². The molecule has 2 aromatic rings. The first-order valence-corrected chi connectivity index (χ1v) is 6.96. The van der Waals surface area contributed by atoms with Gasteiger partial charge in [-0.3, -0.25) is 0 Å². The summed E-state index contributed by atoms with van der Waals surface area (Å²) in [5, 5.41) is 0. The summed E-state index contributed by atoms with van der Waals surface area (Å²) in [5.41, 5.74) is 0.0450. The van der Waals surface area contributed by atoms with Crippen LogP contribution in [-0.2, 0) is 12.6 Å². The first-order valence-electron chi connectivity index (χ1n) is 6.17. The minimum Gasteiger partial charge on any atom is -0.485 e. The highest BCUT2D eigenvalue weighted by atomic mass is 79.9. The van der Waals surface area contributed by atoms with Crippen molar-refractivity contribution in [3.8, 4) is 5.75 Å². The molecule has 0 amide bonds. The summed E-state index contributed by atoms with van der Waals surface area (Å²) in [6, 6.07) is 8.11. The van der Waals surface area contributed by atoms with Gasteiger partial charge in [0, 0.05) is 12.0 Å². The Kier molecular flexibility index (Phi) is 3.43. The average Bonchev–Trinajstić information content (AvgIpc) is 2.83. The van der Waals surface area contributed by atoms with Crippen molar-refractivity contribution in [2.75, 3.05) is 0 Å². The molecule has 21 heavy (non-hydrogen) atoms. The zero-order valence-corrected chi connectivity index (χ0v) is 12.1. The quantitative estimate of drug-likeness (QED) is 0.628. The van der Waals surface area contributed by atoms with Crippen LogP contribution < -0.4 is 4.74 Å². The van der Waals surface area contributed by atoms with Gasteiger partial charge < -0.3 is 4.74 Å². The van der Waals surface area contributed by atoms with Crippen molar-refractivity contribution in [2.24, 2.45) is 0 Å². The molecular formula is C15H9BrF4O. The van der Waals surface area contributed by atoms with Crippen LogP contribution in [0.4, 0.5) is 17.6 Å². The van der Waals surface area contributed by atoms with Gasteiger partial charge >= 0.3 is 6.18 Å². The number of rotatable bonds is 1. The van der Waals surface area contributed by atoms with E-state index in [1.54, 1.807) is 18.2 Å². The van der Waals surface area contributed by atoms with E-state index in [2.05, 4.69) is 15.9 Å². The van der Waals surface area contributed by atoms with Gasteiger partial charge in [-0.25, -0.2) is 4.39 Å². The summed E-state index contributed by atoms with van der Waals surface area (Å²) in [6.45, 7) is 0. The highest BCUT2D eigenvalue weighted by Gasteiger charge is 2.34. The molecule has 110 valence electrons. The van der Waals surface area contributed by atoms with Crippen LogP contribution in [0.1, 0.15) is 22.8 Å². The van der Waals surface area contributed by atoms with Gasteiger partial charge in [0.15, 0.2) is 0 Å². The Hall–Kier alpha value is -1.56. The summed E-state index contributed by atoms with van der Waals surface area (Å²) in [5.74, 6) is -0.0845. The molecule has 1 aliphatic rings. The van der Waals surface area contributed by atoms with Crippen molar-refractivity contribution in [2.45, 2.75) is 18.7 Å². The third kappa shape index (κ3) is 2.64. The van der Waals surface area contributed by atoms with Crippen LogP contribution in [0.2, 0.25) is 0 Å². The Morgan fingerprint density at radius 1 is 1.14 bits per heavy atom. The van der Waals surface area contributed by atoms with E-state index in [0.717, 1.165) is 12.1 Å². The lowest BCUT2D eigenvalue weighted by Crippen LogP contribution is -2.06. The molecule has 0 aromatic heterocycles. The number of benzene rings is 2. The number of hydrogen-bond acceptors (Lipinski definition) is 1. The molecule has 1 heterocycles. The molecule has 0 saturated carbocycles. The summed E-state index contributed by atoms with van der Waals surface area (Å²) >= 11 is 3.09. The van der Waals surface area contributed by atoms with Crippen molar-refractivity contribution >= 4 is 15.9 Å². The van der Waals surface area contributed by atoms with Crippen LogP contribution >= 0.6 is 15.9 Å². The third-order valence-electron chi connectivity index (χ3n) is 3.39. The van der Waals surface area contributed by atoms with Crippen LogP contribution in [0.5, 0.6) is 5.75 Å². The number of fused-ring (bicyclic) bond motifs is 1. The predicted molar refractivity (Wildman–Crippen MR) is 72.6 cm³/mol. The molecule has 3 rings (SSSR count). The normalized spacial score (nSPS) is 17.5. The molecule has 6 heteroatoms. The molecule has 0 bridgehead atoms. The Morgan fingerprint density at radius 3 is 2.62 bits per heavy atom. The van der Waals surface area contributed by atoms with Crippen molar-refractivity contribution in [3.63, 3.8) is 0 Å². The lowest BCUT2D eigenvalue weighted by Gasteiger charge is -2.12. The van der Waals surface area contributed by atoms with Crippen molar-refractivity contribution in [3.05, 3.63) is 63.4 Å². The highest BCUT2D eigenvalue weighted by molar-refractivity contribution is 9.10. The Labute approximate surface area is 126 Å². The van der Waals surface area contributed by atoms with E-state index in [1.807, 2.05) is 0 Å². The van der Waals surface area contributed by atoms with Crippen LogP contribution in [0.3, 0.4) is 0 Å². The van der Waals surface area contributed by atoms with E-state index in [0.29, 0.717) is 21.3 Å². The second kappa shape index (κ2) is 5.02. The van der Waals surface area contributed by atoms with Gasteiger partial charge in [-0.15, -0.1) is 0 Å². The van der Waals surface area contributed by atoms with Gasteiger partial charge in [-0.1, -0.05) is 12.1 Å². The van der Waals surface area contributed by atoms with Crippen LogP contribution in [0.15, 0.2) is 40.9 Å². The molecule has 0 fully saturated rings. The zero-order valence-electron chi connectivity index (χ0n) is 10.5. The maximum absolute atomic E-state index is 14.0. The molecular weight excluding hydrogens is 352 g/mol. The van der Waals surface area contributed by atoms with Gasteiger partial charge in [-0.2, -0.15) is 13.2 Å². The standard InChI is InChI=1S/C15H9BrF4O/c16-11-3-1-2-10(14(11)17)13-7-8-6-9(15(18,19)20)4-5-12(8)21-13/h1-6,13H,7H2/t13-/m0/s1. The van der Waals surface area contributed by atoms with E-state index in [1.165, 1.54) is 6.07 Å². The molecule has 1 nitrogen and oxygen atoms in total. The van der Waals surface area contributed by atoms with Crippen molar-refractivity contribution in [1.29, 1.82) is 0 Å². The SMILES string of the molecule is Fc1c(Br)cccc1[C@@H]1Cc2cc(C(F)(F)F)ccc2O1. The Morgan fingerprint density at radius 2 is 1.90 bits per heavy atom. The van der Waals surface area contributed by atoms with Gasteiger partial charge in [0.1, 0.15) is 17.7 Å². The maximum Gasteiger partial charge on any atom is 0.416 e. The minimum absolute atomic E-state index is 0.215. The van der Waals surface area contributed by atoms with Crippen molar-refractivity contribution < 1.29 is 22.3 Å². The Balaban J connectivity index is 1.93. The predicted octanol–water partition coefficient (Wildman–Crippen LogP) is 5.28. The molecule has 0 spiro atoms. The minimum atomic E-state index is -4.39. The van der Waals surface area contributed by atoms with E-state index < -0.39 is 23.7 Å². The largest absolute Gasteiger partial charge is 0.485 e. The number of hydrogen-bond donors (Lipinski definition) is 0. The molecule has 0 unspecified atom stereocenters. The lowest BCUT2D eigenvalue weighted by atomic mass is 10.0. The molecule has 0 saturated heterocycles. The second-order valence-corrected chi connectivity index (χ2v) is 5.63. The number of ether oxygens (including phenoxy) is 1. The van der Waals surface area contributed by atoms with E-state index in [-0.39, 0.29) is 6.42 Å². The monoisotopic (exact) mass is 360 g/mol. The van der Waals surface area contributed by atoms with Gasteiger partial charge in [-0.05, 0) is 45.8 Å². The summed E-state index contributed by atoms with van der Waals surface area (Å²) in [4.78, 5) is 0. The van der Waals surface area contributed by atoms with Gasteiger partial charge in [0.05, 0.1) is 10.0 Å². The smallest absolute Gasteiger partial charge is 0.416 e. The first kappa shape index (κ1) is 14.4. The third-order valence-corrected chi connectivity index (χ3v) is 4.00. The van der Waals surface area contributed by atoms with Gasteiger partial charge in [0.2, 0.25) is 0 Å². The maximum atomic E-state index is 14.0. The van der Waals surface area contributed by atoms with E-state index in [9.17, 15) is 17.6 Å². The fraction of sp³-hybridized carbons (Fsp3) is 0.200. The van der Waals surface area contributed by atoms with Crippen LogP contribution in [0.25, 0.3) is 0 Å². The summed E-state index contributed by atoms with van der Waals surface area (Å²) in [7, 11) is 0. The molecule has 2 aromatic carbocycles. The fourth-order valence-electron chi connectivity index (χ4n) is 2.37. The van der Waals surface area contributed by atoms with Crippen molar-refractivity contribution in [1.82, 2.24) is 0 Å². The van der Waals surface area contributed by atoms with E-state index in [4.69, 9.17) is 4.74 Å². The number of halogens is 5.